The van der Waals surface area contributed by atoms with Crippen LogP contribution in [0.1, 0.15) is 178 Å². The molecule has 4 N–H and O–H groups in total. The molecule has 0 heterocycles. The second kappa shape index (κ2) is 24.2. The summed E-state index contributed by atoms with van der Waals surface area (Å²) < 4.78 is 11.2. The number of aromatic hydroxyl groups is 4. The largest absolute Gasteiger partial charge is 0.508 e. The Bertz CT molecular complexity index is 2120. The molecule has 4 aromatic carbocycles. The van der Waals surface area contributed by atoms with Crippen LogP contribution in [0.2, 0.25) is 0 Å². The molecule has 8 nitrogen and oxygen atoms in total. The lowest BCUT2D eigenvalue weighted by atomic mass is 9.76. The van der Waals surface area contributed by atoms with E-state index in [1.807, 2.05) is 36.4 Å². The van der Waals surface area contributed by atoms with Crippen LogP contribution in [0.15, 0.2) is 60.7 Å². The highest BCUT2D eigenvalue weighted by atomic mass is 32.2. The SMILES string of the molecule is CC(C)(C)c1cc(CCC(=O)OCCSCCCc2cc(C(C)(C)c3ccc(O)c(CCCSCCOC(=O)CCc4cc(C(C)(C)C)c(O)c(C(C)(C)C)c4)c3)ccc2O)cc(C(C)(C)C)c1O. The highest BCUT2D eigenvalue weighted by Crippen LogP contribution is 2.42. The molecule has 0 aliphatic heterocycles. The van der Waals surface area contributed by atoms with Crippen LogP contribution in [0.4, 0.5) is 0 Å². The molecule has 0 aliphatic carbocycles. The van der Waals surface area contributed by atoms with Crippen molar-refractivity contribution in [2.24, 2.45) is 0 Å². The number of ether oxygens (including phenoxy) is 2. The van der Waals surface area contributed by atoms with Crippen molar-refractivity contribution in [2.75, 3.05) is 36.2 Å². The molecular weight excluding hydrogens is 901 g/mol. The number of esters is 2. The smallest absolute Gasteiger partial charge is 0.306 e. The van der Waals surface area contributed by atoms with E-state index >= 15 is 0 Å². The number of phenols is 4. The maximum absolute atomic E-state index is 12.7. The fraction of sp³-hybridized carbons (Fsp3) is 0.559. The van der Waals surface area contributed by atoms with Gasteiger partial charge in [-0.3, -0.25) is 9.59 Å². The molecule has 0 aliphatic rings. The molecule has 0 bridgehead atoms. The molecule has 0 saturated heterocycles. The Morgan fingerprint density at radius 1 is 0.449 bits per heavy atom. The fourth-order valence-electron chi connectivity index (χ4n) is 8.48. The summed E-state index contributed by atoms with van der Waals surface area (Å²) in [7, 11) is 0. The van der Waals surface area contributed by atoms with Gasteiger partial charge in [-0.2, -0.15) is 23.5 Å². The van der Waals surface area contributed by atoms with Gasteiger partial charge in [0.25, 0.3) is 0 Å². The Balaban J connectivity index is 1.18. The van der Waals surface area contributed by atoms with Crippen molar-refractivity contribution >= 4 is 35.5 Å². The second-order valence-corrected chi connectivity index (χ2v) is 25.7. The van der Waals surface area contributed by atoms with Gasteiger partial charge in [-0.1, -0.05) is 145 Å². The summed E-state index contributed by atoms with van der Waals surface area (Å²) in [4.78, 5) is 25.4. The standard InChI is InChI=1S/C59H84O8S2/c1-55(2,3)45-33-39(34-46(53(45)64)56(4,5)6)19-25-51(62)66-27-31-68-29-15-17-41-37-43(21-23-49(41)60)59(13,14)44-22-24-50(61)42(38-44)18-16-30-69-32-28-67-52(63)26-20-40-35-47(57(7,8)9)54(65)48(36-40)58(10,11)12/h21-24,33-38,60-61,64-65H,15-20,25-32H2,1-14H3. The highest BCUT2D eigenvalue weighted by molar-refractivity contribution is 7.99. The third-order valence-corrected chi connectivity index (χ3v) is 14.9. The molecule has 0 unspecified atom stereocenters. The minimum Gasteiger partial charge on any atom is -0.508 e. The lowest BCUT2D eigenvalue weighted by Crippen LogP contribution is -2.19. The van der Waals surface area contributed by atoms with Gasteiger partial charge in [0.15, 0.2) is 0 Å². The Morgan fingerprint density at radius 3 is 1.07 bits per heavy atom. The third kappa shape index (κ3) is 16.9. The molecule has 0 atom stereocenters. The van der Waals surface area contributed by atoms with Crippen LogP contribution in [0.5, 0.6) is 23.0 Å². The van der Waals surface area contributed by atoms with E-state index in [9.17, 15) is 30.0 Å². The quantitative estimate of drug-likeness (QED) is 0.0445. The first kappa shape index (κ1) is 57.3. The van der Waals surface area contributed by atoms with E-state index in [1.165, 1.54) is 0 Å². The minimum atomic E-state index is -0.375. The highest BCUT2D eigenvalue weighted by Gasteiger charge is 2.29. The molecule has 380 valence electrons. The molecule has 0 amide bonds. The lowest BCUT2D eigenvalue weighted by Gasteiger charge is -2.28. The number of carbonyl (C=O) groups excluding carboxylic acids is 2. The van der Waals surface area contributed by atoms with Gasteiger partial charge in [-0.05, 0) is 139 Å². The normalized spacial score (nSPS) is 12.6. The van der Waals surface area contributed by atoms with Gasteiger partial charge in [0, 0.05) is 29.8 Å². The summed E-state index contributed by atoms with van der Waals surface area (Å²) in [5, 5.41) is 43.7. The van der Waals surface area contributed by atoms with E-state index < -0.39 is 0 Å². The van der Waals surface area contributed by atoms with Crippen LogP contribution in [-0.2, 0) is 71.8 Å². The van der Waals surface area contributed by atoms with Crippen molar-refractivity contribution in [2.45, 2.75) is 175 Å². The zero-order chi connectivity index (χ0) is 51.5. The topological polar surface area (TPSA) is 134 Å². The van der Waals surface area contributed by atoms with Crippen molar-refractivity contribution < 1.29 is 39.5 Å². The van der Waals surface area contributed by atoms with Crippen molar-refractivity contribution in [1.82, 2.24) is 0 Å². The van der Waals surface area contributed by atoms with E-state index in [0.29, 0.717) is 49.1 Å². The lowest BCUT2D eigenvalue weighted by molar-refractivity contribution is -0.143. The first-order valence-corrected chi connectivity index (χ1v) is 27.2. The second-order valence-electron chi connectivity index (χ2n) is 23.3. The third-order valence-electron chi connectivity index (χ3n) is 12.9. The predicted octanol–water partition coefficient (Wildman–Crippen LogP) is 13.7. The number of phenolic OH excluding ortho intramolecular Hbond substituents is 4. The molecule has 0 spiro atoms. The number of benzene rings is 4. The number of carbonyl (C=O) groups is 2. The van der Waals surface area contributed by atoms with E-state index in [1.54, 1.807) is 35.7 Å². The van der Waals surface area contributed by atoms with Crippen LogP contribution in [0.3, 0.4) is 0 Å². The first-order valence-electron chi connectivity index (χ1n) is 24.8. The number of aryl methyl sites for hydroxylation is 4. The van der Waals surface area contributed by atoms with Crippen molar-refractivity contribution in [3.63, 3.8) is 0 Å². The van der Waals surface area contributed by atoms with Gasteiger partial charge < -0.3 is 29.9 Å². The molecular formula is C59H84O8S2. The van der Waals surface area contributed by atoms with Crippen LogP contribution in [0.25, 0.3) is 0 Å². The fourth-order valence-corrected chi connectivity index (χ4v) is 9.99. The monoisotopic (exact) mass is 985 g/mol. The summed E-state index contributed by atoms with van der Waals surface area (Å²) in [5.41, 5.74) is 8.30. The number of rotatable bonds is 22. The van der Waals surface area contributed by atoms with Gasteiger partial charge >= 0.3 is 11.9 Å². The molecule has 0 aromatic heterocycles. The van der Waals surface area contributed by atoms with Crippen molar-refractivity contribution in [3.05, 3.63) is 116 Å². The molecule has 4 aromatic rings. The molecule has 0 radical (unpaired) electrons. The summed E-state index contributed by atoms with van der Waals surface area (Å²) in [6, 6.07) is 19.8. The minimum absolute atomic E-state index is 0.223. The van der Waals surface area contributed by atoms with Crippen LogP contribution in [0, 0.1) is 0 Å². The number of thioether (sulfide) groups is 2. The van der Waals surface area contributed by atoms with E-state index in [0.717, 1.165) is 92.8 Å². The summed E-state index contributed by atoms with van der Waals surface area (Å²) in [6.45, 7) is 30.1. The van der Waals surface area contributed by atoms with Gasteiger partial charge in [0.1, 0.15) is 36.2 Å². The Labute approximate surface area is 423 Å². The molecule has 69 heavy (non-hydrogen) atoms. The number of hydrogen-bond acceptors (Lipinski definition) is 10. The summed E-state index contributed by atoms with van der Waals surface area (Å²) in [5.74, 6) is 3.93. The Morgan fingerprint density at radius 2 is 0.768 bits per heavy atom. The maximum Gasteiger partial charge on any atom is 0.306 e. The van der Waals surface area contributed by atoms with Gasteiger partial charge in [0.2, 0.25) is 0 Å². The summed E-state index contributed by atoms with van der Waals surface area (Å²) >= 11 is 3.47. The molecule has 4 rings (SSSR count). The van der Waals surface area contributed by atoms with Crippen molar-refractivity contribution in [1.29, 1.82) is 0 Å². The molecule has 0 fully saturated rings. The molecule has 10 heteroatoms. The van der Waals surface area contributed by atoms with Gasteiger partial charge in [-0.15, -0.1) is 0 Å². The number of hydrogen-bond donors (Lipinski definition) is 4. The van der Waals surface area contributed by atoms with Gasteiger partial charge in [0.05, 0.1) is 0 Å². The first-order chi connectivity index (χ1) is 32.0. The van der Waals surface area contributed by atoms with Crippen LogP contribution < -0.4 is 0 Å². The van der Waals surface area contributed by atoms with Crippen molar-refractivity contribution in [3.8, 4) is 23.0 Å². The maximum atomic E-state index is 12.7. The van der Waals surface area contributed by atoms with Crippen LogP contribution in [-0.4, -0.2) is 68.6 Å². The van der Waals surface area contributed by atoms with E-state index in [-0.39, 0.29) is 63.4 Å². The summed E-state index contributed by atoms with van der Waals surface area (Å²) in [6.07, 6.45) is 4.84. The zero-order valence-electron chi connectivity index (χ0n) is 44.4. The Hall–Kier alpha value is -4.28. The van der Waals surface area contributed by atoms with Gasteiger partial charge in [-0.25, -0.2) is 0 Å². The predicted molar refractivity (Wildman–Crippen MR) is 289 cm³/mol. The van der Waals surface area contributed by atoms with E-state index in [2.05, 4.69) is 109 Å². The average molecular weight is 985 g/mol. The van der Waals surface area contributed by atoms with Crippen LogP contribution >= 0.6 is 23.5 Å². The molecule has 0 saturated carbocycles. The average Bonchev–Trinajstić information content (AvgIpc) is 3.24. The Kier molecular flexibility index (Phi) is 20.1. The zero-order valence-corrected chi connectivity index (χ0v) is 46.0. The van der Waals surface area contributed by atoms with E-state index in [4.69, 9.17) is 9.47 Å².